The molecule has 0 radical (unpaired) electrons. The fraction of sp³-hybridized carbons (Fsp3) is 0.412. The molecule has 1 saturated heterocycles. The van der Waals surface area contributed by atoms with Gasteiger partial charge >= 0.3 is 4.87 Å². The fourth-order valence-electron chi connectivity index (χ4n) is 2.98. The van der Waals surface area contributed by atoms with Gasteiger partial charge in [-0.05, 0) is 38.1 Å². The third kappa shape index (κ3) is 4.09. The summed E-state index contributed by atoms with van der Waals surface area (Å²) in [6.45, 7) is 4.49. The predicted octanol–water partition coefficient (Wildman–Crippen LogP) is 3.05. The highest BCUT2D eigenvalue weighted by molar-refractivity contribution is 7.09. The number of hydrogen-bond acceptors (Lipinski definition) is 4. The van der Waals surface area contributed by atoms with E-state index < -0.39 is 0 Å². The summed E-state index contributed by atoms with van der Waals surface area (Å²) in [6.07, 6.45) is 3.75. The molecule has 1 amide bonds. The first-order chi connectivity index (χ1) is 11.1. The van der Waals surface area contributed by atoms with Crippen molar-refractivity contribution in [2.75, 3.05) is 18.4 Å². The Balaban J connectivity index is 1.87. The van der Waals surface area contributed by atoms with Gasteiger partial charge in [-0.1, -0.05) is 29.9 Å². The standard InChI is InChI=1S/C17H21N3O2S/c1-12(21)18-14-7-5-6-13(10-14)16-15(23-17(22)19-16)11-20-8-3-2-4-9-20/h5-7,10H,2-4,8-9,11H2,1H3,(H,18,21)(H,19,22). The summed E-state index contributed by atoms with van der Waals surface area (Å²) in [5.41, 5.74) is 2.55. The van der Waals surface area contributed by atoms with Gasteiger partial charge in [0, 0.05) is 29.6 Å². The molecule has 0 saturated carbocycles. The topological polar surface area (TPSA) is 65.2 Å². The minimum atomic E-state index is -0.102. The average Bonchev–Trinajstić information content (AvgIpc) is 2.88. The number of carbonyl (C=O) groups excluding carboxylic acids is 1. The smallest absolute Gasteiger partial charge is 0.305 e. The van der Waals surface area contributed by atoms with E-state index in [4.69, 9.17) is 0 Å². The molecule has 5 nitrogen and oxygen atoms in total. The van der Waals surface area contributed by atoms with Crippen LogP contribution in [0.25, 0.3) is 11.3 Å². The molecule has 0 unspecified atom stereocenters. The van der Waals surface area contributed by atoms with Gasteiger partial charge in [0.1, 0.15) is 0 Å². The molecule has 122 valence electrons. The van der Waals surface area contributed by atoms with Crippen LogP contribution in [0.1, 0.15) is 31.1 Å². The summed E-state index contributed by atoms with van der Waals surface area (Å²) >= 11 is 1.28. The first-order valence-electron chi connectivity index (χ1n) is 7.94. The van der Waals surface area contributed by atoms with Gasteiger partial charge in [-0.3, -0.25) is 14.5 Å². The molecule has 0 aliphatic carbocycles. The minimum absolute atomic E-state index is 0.0306. The Labute approximate surface area is 139 Å². The maximum atomic E-state index is 11.9. The fourth-order valence-corrected chi connectivity index (χ4v) is 3.88. The number of nitrogens with zero attached hydrogens (tertiary/aromatic N) is 1. The number of rotatable bonds is 4. The number of H-pyrrole nitrogens is 1. The highest BCUT2D eigenvalue weighted by Gasteiger charge is 2.16. The van der Waals surface area contributed by atoms with E-state index in [1.807, 2.05) is 24.3 Å². The van der Waals surface area contributed by atoms with E-state index in [1.165, 1.54) is 37.5 Å². The number of anilines is 1. The van der Waals surface area contributed by atoms with E-state index in [-0.39, 0.29) is 10.8 Å². The molecule has 23 heavy (non-hydrogen) atoms. The second kappa shape index (κ2) is 7.10. The lowest BCUT2D eigenvalue weighted by Gasteiger charge is -2.26. The zero-order chi connectivity index (χ0) is 16.2. The van der Waals surface area contributed by atoms with Gasteiger partial charge in [0.05, 0.1) is 5.69 Å². The second-order valence-corrected chi connectivity index (χ2v) is 6.98. The van der Waals surface area contributed by atoms with Crippen molar-refractivity contribution in [1.82, 2.24) is 9.88 Å². The summed E-state index contributed by atoms with van der Waals surface area (Å²) in [6, 6.07) is 7.60. The summed E-state index contributed by atoms with van der Waals surface area (Å²) < 4.78 is 0. The number of aromatic nitrogens is 1. The molecule has 2 heterocycles. The third-order valence-electron chi connectivity index (χ3n) is 4.01. The number of amides is 1. The molecule has 0 spiro atoms. The number of nitrogens with one attached hydrogen (secondary N) is 2. The Hall–Kier alpha value is -1.92. The van der Waals surface area contributed by atoms with Gasteiger partial charge in [0.2, 0.25) is 5.91 Å². The lowest BCUT2D eigenvalue weighted by molar-refractivity contribution is -0.114. The van der Waals surface area contributed by atoms with Crippen molar-refractivity contribution in [3.05, 3.63) is 38.8 Å². The Morgan fingerprint density at radius 1 is 1.30 bits per heavy atom. The number of piperidine rings is 1. The molecule has 1 fully saturated rings. The van der Waals surface area contributed by atoms with Gasteiger partial charge in [0.25, 0.3) is 0 Å². The Bertz CT molecular complexity index is 744. The van der Waals surface area contributed by atoms with Crippen LogP contribution in [0.15, 0.2) is 29.1 Å². The quantitative estimate of drug-likeness (QED) is 0.905. The summed E-state index contributed by atoms with van der Waals surface area (Å²) in [4.78, 5) is 29.5. The van der Waals surface area contributed by atoms with E-state index in [1.54, 1.807) is 0 Å². The Morgan fingerprint density at radius 2 is 2.09 bits per heavy atom. The number of hydrogen-bond donors (Lipinski definition) is 2. The van der Waals surface area contributed by atoms with Gasteiger partial charge in [-0.2, -0.15) is 0 Å². The molecule has 2 aromatic rings. The SMILES string of the molecule is CC(=O)Nc1cccc(-c2[nH]c(=O)sc2CN2CCCCC2)c1. The highest BCUT2D eigenvalue weighted by Crippen LogP contribution is 2.27. The first-order valence-corrected chi connectivity index (χ1v) is 8.76. The van der Waals surface area contributed by atoms with E-state index >= 15 is 0 Å². The van der Waals surface area contributed by atoms with Crippen molar-refractivity contribution in [3.63, 3.8) is 0 Å². The maximum Gasteiger partial charge on any atom is 0.305 e. The van der Waals surface area contributed by atoms with Crippen LogP contribution in [0, 0.1) is 0 Å². The zero-order valence-corrected chi connectivity index (χ0v) is 14.0. The van der Waals surface area contributed by atoms with Gasteiger partial charge in [-0.15, -0.1) is 0 Å². The van der Waals surface area contributed by atoms with Crippen LogP contribution in [0.3, 0.4) is 0 Å². The molecule has 1 aromatic heterocycles. The number of likely N-dealkylation sites (tertiary alicyclic amines) is 1. The van der Waals surface area contributed by atoms with E-state index in [0.717, 1.165) is 41.5 Å². The number of thiazole rings is 1. The largest absolute Gasteiger partial charge is 0.326 e. The minimum Gasteiger partial charge on any atom is -0.326 e. The van der Waals surface area contributed by atoms with Crippen molar-refractivity contribution in [3.8, 4) is 11.3 Å². The number of benzene rings is 1. The van der Waals surface area contributed by atoms with Crippen LogP contribution in [-0.2, 0) is 11.3 Å². The second-order valence-electron chi connectivity index (χ2n) is 5.91. The van der Waals surface area contributed by atoms with E-state index in [9.17, 15) is 9.59 Å². The lowest BCUT2D eigenvalue weighted by atomic mass is 10.1. The number of carbonyl (C=O) groups is 1. The molecule has 1 aliphatic heterocycles. The van der Waals surface area contributed by atoms with Gasteiger partial charge in [0.15, 0.2) is 0 Å². The van der Waals surface area contributed by atoms with E-state index in [2.05, 4.69) is 15.2 Å². The average molecular weight is 331 g/mol. The van der Waals surface area contributed by atoms with Crippen LogP contribution < -0.4 is 10.2 Å². The summed E-state index contributed by atoms with van der Waals surface area (Å²) in [7, 11) is 0. The molecular formula is C17H21N3O2S. The molecule has 1 aliphatic rings. The third-order valence-corrected chi connectivity index (χ3v) is 4.88. The molecule has 0 bridgehead atoms. The van der Waals surface area contributed by atoms with Crippen LogP contribution in [0.5, 0.6) is 0 Å². The Kier molecular flexibility index (Phi) is 4.93. The van der Waals surface area contributed by atoms with Crippen LogP contribution in [0.4, 0.5) is 5.69 Å². The normalized spacial score (nSPS) is 15.5. The predicted molar refractivity (Wildman–Crippen MR) is 93.8 cm³/mol. The van der Waals surface area contributed by atoms with Crippen molar-refractivity contribution in [2.45, 2.75) is 32.7 Å². The zero-order valence-electron chi connectivity index (χ0n) is 13.2. The van der Waals surface area contributed by atoms with Crippen LogP contribution >= 0.6 is 11.3 Å². The number of aromatic amines is 1. The monoisotopic (exact) mass is 331 g/mol. The highest BCUT2D eigenvalue weighted by atomic mass is 32.1. The van der Waals surface area contributed by atoms with Crippen LogP contribution in [0.2, 0.25) is 0 Å². The summed E-state index contributed by atoms with van der Waals surface area (Å²) in [5, 5.41) is 2.78. The molecule has 2 N–H and O–H groups in total. The van der Waals surface area contributed by atoms with Crippen LogP contribution in [-0.4, -0.2) is 28.9 Å². The summed E-state index contributed by atoms with van der Waals surface area (Å²) in [5.74, 6) is -0.102. The molecule has 6 heteroatoms. The maximum absolute atomic E-state index is 11.9. The Morgan fingerprint density at radius 3 is 2.83 bits per heavy atom. The van der Waals surface area contributed by atoms with Crippen molar-refractivity contribution in [1.29, 1.82) is 0 Å². The lowest BCUT2D eigenvalue weighted by Crippen LogP contribution is -2.28. The first kappa shape index (κ1) is 16.0. The molecule has 1 aromatic carbocycles. The van der Waals surface area contributed by atoms with Gasteiger partial charge < -0.3 is 10.3 Å². The van der Waals surface area contributed by atoms with Crippen molar-refractivity contribution in [2.24, 2.45) is 0 Å². The molecule has 3 rings (SSSR count). The van der Waals surface area contributed by atoms with E-state index in [0.29, 0.717) is 0 Å². The molecular weight excluding hydrogens is 310 g/mol. The van der Waals surface area contributed by atoms with Crippen molar-refractivity contribution < 1.29 is 4.79 Å². The van der Waals surface area contributed by atoms with Crippen molar-refractivity contribution >= 4 is 22.9 Å². The molecule has 0 atom stereocenters. The van der Waals surface area contributed by atoms with Gasteiger partial charge in [-0.25, -0.2) is 0 Å².